The van der Waals surface area contributed by atoms with Crippen molar-refractivity contribution in [2.45, 2.75) is 6.18 Å². The number of halogens is 3. The van der Waals surface area contributed by atoms with Gasteiger partial charge in [-0.2, -0.15) is 18.7 Å². The summed E-state index contributed by atoms with van der Waals surface area (Å²) < 4.78 is 40.2. The van der Waals surface area contributed by atoms with E-state index in [1.165, 1.54) is 18.2 Å². The lowest BCUT2D eigenvalue weighted by molar-refractivity contribution is -0.189. The Balaban J connectivity index is 2.23. The van der Waals surface area contributed by atoms with Gasteiger partial charge in [-0.05, 0) is 18.2 Å². The molecule has 1 rings (SSSR count). The molecule has 8 heteroatoms. The van der Waals surface area contributed by atoms with Gasteiger partial charge in [-0.25, -0.2) is 4.79 Å². The van der Waals surface area contributed by atoms with E-state index in [2.05, 4.69) is 10.3 Å². The molecule has 5 nitrogen and oxygen atoms in total. The first-order valence-corrected chi connectivity index (χ1v) is 5.26. The van der Waals surface area contributed by atoms with Gasteiger partial charge in [0.15, 0.2) is 6.61 Å². The average Bonchev–Trinajstić information content (AvgIpc) is 2.32. The molecule has 0 heterocycles. The fraction of sp³-hybridized carbons (Fsp3) is 0.364. The highest BCUT2D eigenvalue weighted by atomic mass is 19.4. The third-order valence-corrected chi connectivity index (χ3v) is 1.89. The first kappa shape index (κ1) is 15.3. The molecule has 106 valence electrons. The standard InChI is InChI=1S/C11H12F3NO4/c12-11(13,14)7-19-15-4-5-18-9-3-1-2-8(6-9)10(16)17/h1-3,6,15H,4-5,7H2,(H,16,17). The summed E-state index contributed by atoms with van der Waals surface area (Å²) >= 11 is 0. The summed E-state index contributed by atoms with van der Waals surface area (Å²) in [5.41, 5.74) is 2.16. The highest BCUT2D eigenvalue weighted by molar-refractivity contribution is 5.87. The Kier molecular flexibility index (Phi) is 5.58. The number of hydroxylamine groups is 1. The normalized spacial score (nSPS) is 11.3. The maximum atomic E-state index is 11.7. The van der Waals surface area contributed by atoms with E-state index in [-0.39, 0.29) is 18.7 Å². The van der Waals surface area contributed by atoms with Crippen LogP contribution in [0, 0.1) is 0 Å². The van der Waals surface area contributed by atoms with Crippen LogP contribution in [0.4, 0.5) is 13.2 Å². The van der Waals surface area contributed by atoms with E-state index in [0.29, 0.717) is 5.75 Å². The van der Waals surface area contributed by atoms with Gasteiger partial charge in [0.25, 0.3) is 0 Å². The van der Waals surface area contributed by atoms with E-state index in [4.69, 9.17) is 9.84 Å². The number of hydrogen-bond acceptors (Lipinski definition) is 4. The molecule has 0 radical (unpaired) electrons. The van der Waals surface area contributed by atoms with Crippen LogP contribution in [0.2, 0.25) is 0 Å². The number of ether oxygens (including phenoxy) is 1. The number of nitrogens with one attached hydrogen (secondary N) is 1. The van der Waals surface area contributed by atoms with Gasteiger partial charge < -0.3 is 9.84 Å². The monoisotopic (exact) mass is 279 g/mol. The zero-order valence-corrected chi connectivity index (χ0v) is 9.74. The van der Waals surface area contributed by atoms with Crippen LogP contribution in [0.25, 0.3) is 0 Å². The molecule has 0 spiro atoms. The molecule has 0 unspecified atom stereocenters. The molecule has 0 atom stereocenters. The van der Waals surface area contributed by atoms with E-state index in [1.54, 1.807) is 6.07 Å². The van der Waals surface area contributed by atoms with Gasteiger partial charge in [-0.1, -0.05) is 6.07 Å². The molecule has 0 saturated carbocycles. The second-order valence-corrected chi connectivity index (χ2v) is 3.48. The summed E-state index contributed by atoms with van der Waals surface area (Å²) in [6.07, 6.45) is -4.39. The van der Waals surface area contributed by atoms with Crippen molar-refractivity contribution in [1.29, 1.82) is 0 Å². The van der Waals surface area contributed by atoms with E-state index in [0.717, 1.165) is 0 Å². The van der Waals surface area contributed by atoms with Crippen LogP contribution in [-0.2, 0) is 4.84 Å². The lowest BCUT2D eigenvalue weighted by atomic mass is 10.2. The smallest absolute Gasteiger partial charge is 0.413 e. The number of carbonyl (C=O) groups is 1. The first-order chi connectivity index (χ1) is 8.88. The molecule has 0 aliphatic rings. The summed E-state index contributed by atoms with van der Waals surface area (Å²) in [5.74, 6) is -0.769. The summed E-state index contributed by atoms with van der Waals surface area (Å²) in [5, 5.41) is 8.73. The highest BCUT2D eigenvalue weighted by Crippen LogP contribution is 2.14. The molecular weight excluding hydrogens is 267 g/mol. The molecule has 0 saturated heterocycles. The fourth-order valence-electron chi connectivity index (χ4n) is 1.13. The van der Waals surface area contributed by atoms with Crippen molar-refractivity contribution in [1.82, 2.24) is 5.48 Å². The van der Waals surface area contributed by atoms with Gasteiger partial charge in [0.2, 0.25) is 0 Å². The van der Waals surface area contributed by atoms with Crippen LogP contribution in [0.5, 0.6) is 5.75 Å². The van der Waals surface area contributed by atoms with Crippen molar-refractivity contribution < 1.29 is 32.6 Å². The molecule has 2 N–H and O–H groups in total. The minimum atomic E-state index is -4.39. The van der Waals surface area contributed by atoms with E-state index < -0.39 is 18.8 Å². The van der Waals surface area contributed by atoms with Gasteiger partial charge in [-0.15, -0.1) is 0 Å². The minimum Gasteiger partial charge on any atom is -0.492 e. The quantitative estimate of drug-likeness (QED) is 0.589. The predicted molar refractivity (Wildman–Crippen MR) is 58.9 cm³/mol. The van der Waals surface area contributed by atoms with Crippen molar-refractivity contribution in [3.63, 3.8) is 0 Å². The van der Waals surface area contributed by atoms with Crippen LogP contribution in [-0.4, -0.2) is 37.0 Å². The topological polar surface area (TPSA) is 67.8 Å². The maximum Gasteiger partial charge on any atom is 0.413 e. The zero-order valence-electron chi connectivity index (χ0n) is 9.74. The summed E-state index contributed by atoms with van der Waals surface area (Å²) in [6, 6.07) is 5.77. The average molecular weight is 279 g/mol. The van der Waals surface area contributed by atoms with Crippen molar-refractivity contribution in [3.8, 4) is 5.75 Å². The van der Waals surface area contributed by atoms with E-state index >= 15 is 0 Å². The summed E-state index contributed by atoms with van der Waals surface area (Å²) in [7, 11) is 0. The SMILES string of the molecule is O=C(O)c1cccc(OCCNOCC(F)(F)F)c1. The molecule has 0 aromatic heterocycles. The Morgan fingerprint density at radius 2 is 2.11 bits per heavy atom. The number of carboxylic acid groups (broad SMARTS) is 1. The van der Waals surface area contributed by atoms with Gasteiger partial charge in [0.1, 0.15) is 12.4 Å². The molecule has 0 fully saturated rings. The van der Waals surface area contributed by atoms with Crippen LogP contribution in [0.15, 0.2) is 24.3 Å². The molecule has 1 aromatic rings. The molecule has 19 heavy (non-hydrogen) atoms. The van der Waals surface area contributed by atoms with Crippen LogP contribution < -0.4 is 10.2 Å². The minimum absolute atomic E-state index is 0.0351. The van der Waals surface area contributed by atoms with Crippen molar-refractivity contribution >= 4 is 5.97 Å². The number of hydrogen-bond donors (Lipinski definition) is 2. The van der Waals surface area contributed by atoms with Crippen LogP contribution >= 0.6 is 0 Å². The lowest BCUT2D eigenvalue weighted by Crippen LogP contribution is -2.27. The second kappa shape index (κ2) is 6.95. The summed E-state index contributed by atoms with van der Waals surface area (Å²) in [4.78, 5) is 14.8. The van der Waals surface area contributed by atoms with Gasteiger partial charge in [-0.3, -0.25) is 4.84 Å². The van der Waals surface area contributed by atoms with Crippen LogP contribution in [0.3, 0.4) is 0 Å². The molecule has 0 amide bonds. The Hall–Kier alpha value is -1.80. The highest BCUT2D eigenvalue weighted by Gasteiger charge is 2.27. The molecule has 0 aliphatic heterocycles. The predicted octanol–water partition coefficient (Wildman–Crippen LogP) is 1.85. The number of carboxylic acids is 1. The van der Waals surface area contributed by atoms with Crippen molar-refractivity contribution in [2.24, 2.45) is 0 Å². The Labute approximate surface area is 106 Å². The number of aromatic carboxylic acids is 1. The van der Waals surface area contributed by atoms with Gasteiger partial charge in [0, 0.05) is 0 Å². The molecule has 0 aliphatic carbocycles. The Morgan fingerprint density at radius 3 is 2.74 bits per heavy atom. The largest absolute Gasteiger partial charge is 0.492 e. The van der Waals surface area contributed by atoms with Crippen LogP contribution in [0.1, 0.15) is 10.4 Å². The Bertz CT molecular complexity index is 423. The third-order valence-electron chi connectivity index (χ3n) is 1.89. The molecule has 1 aromatic carbocycles. The second-order valence-electron chi connectivity index (χ2n) is 3.48. The third kappa shape index (κ3) is 6.63. The maximum absolute atomic E-state index is 11.7. The number of benzene rings is 1. The van der Waals surface area contributed by atoms with Gasteiger partial charge >= 0.3 is 12.1 Å². The molecule has 0 bridgehead atoms. The Morgan fingerprint density at radius 1 is 1.37 bits per heavy atom. The fourth-order valence-corrected chi connectivity index (χ4v) is 1.13. The lowest BCUT2D eigenvalue weighted by Gasteiger charge is -2.09. The van der Waals surface area contributed by atoms with E-state index in [9.17, 15) is 18.0 Å². The first-order valence-electron chi connectivity index (χ1n) is 5.26. The number of rotatable bonds is 7. The van der Waals surface area contributed by atoms with Crippen molar-refractivity contribution in [3.05, 3.63) is 29.8 Å². The number of alkyl halides is 3. The zero-order chi connectivity index (χ0) is 14.3. The van der Waals surface area contributed by atoms with Gasteiger partial charge in [0.05, 0.1) is 12.1 Å². The summed E-state index contributed by atoms with van der Waals surface area (Å²) in [6.45, 7) is -1.31. The van der Waals surface area contributed by atoms with Crippen molar-refractivity contribution in [2.75, 3.05) is 19.8 Å². The molecular formula is C11H12F3NO4. The van der Waals surface area contributed by atoms with E-state index in [1.807, 2.05) is 0 Å².